The van der Waals surface area contributed by atoms with Crippen LogP contribution in [0.4, 0.5) is 0 Å². The van der Waals surface area contributed by atoms with E-state index in [1.54, 1.807) is 13.0 Å². The van der Waals surface area contributed by atoms with Crippen LogP contribution in [0.5, 0.6) is 0 Å². The summed E-state index contributed by atoms with van der Waals surface area (Å²) in [5.74, 6) is -0.637. The Labute approximate surface area is 167 Å². The van der Waals surface area contributed by atoms with Gasteiger partial charge in [-0.1, -0.05) is 43.1 Å². The molecule has 1 aliphatic carbocycles. The maximum absolute atomic E-state index is 12.4. The number of carbonyl (C=O) groups excluding carboxylic acids is 1. The van der Waals surface area contributed by atoms with Crippen LogP contribution >= 0.6 is 23.2 Å². The molecule has 0 atom stereocenters. The summed E-state index contributed by atoms with van der Waals surface area (Å²) >= 11 is 11.8. The Hall–Kier alpha value is -2.45. The zero-order chi connectivity index (χ0) is 21.0. The zero-order valence-corrected chi connectivity index (χ0v) is 16.7. The van der Waals surface area contributed by atoms with E-state index in [-0.39, 0.29) is 34.8 Å². The SMILES string of the molecule is C/C=C(/Cl)C/C(=C\C[N+](=O)[O-])C(=O)NC1=CC(Cl)=CC=C([N+](=O)[O-])C1.CC. The van der Waals surface area contributed by atoms with Crippen molar-refractivity contribution in [3.8, 4) is 0 Å². The monoisotopic (exact) mass is 417 g/mol. The standard InChI is InChI=1S/C15H15Cl2N3O5.C2H6/c1-2-11(16)7-10(5-6-19(22)23)15(21)18-13-8-12(17)3-4-14(9-13)20(24)25;1-2/h2-5,8H,6-7,9H2,1H3,(H,18,21);1-2H3/b10-5+,11-2+;. The molecule has 1 amide bonds. The van der Waals surface area contributed by atoms with Gasteiger partial charge >= 0.3 is 0 Å². The van der Waals surface area contributed by atoms with Gasteiger partial charge in [-0.15, -0.1) is 0 Å². The maximum Gasteiger partial charge on any atom is 0.252 e. The van der Waals surface area contributed by atoms with Crippen LogP contribution in [0.15, 0.2) is 57.4 Å². The fraction of sp³-hybridized carbons (Fsp3) is 0.353. The smallest absolute Gasteiger partial charge is 0.252 e. The van der Waals surface area contributed by atoms with Crippen molar-refractivity contribution in [2.24, 2.45) is 0 Å². The first-order chi connectivity index (χ1) is 12.7. The van der Waals surface area contributed by atoms with Gasteiger partial charge in [0.2, 0.25) is 6.54 Å². The van der Waals surface area contributed by atoms with Crippen molar-refractivity contribution >= 4 is 29.1 Å². The van der Waals surface area contributed by atoms with E-state index in [1.165, 1.54) is 18.2 Å². The third kappa shape index (κ3) is 9.72. The minimum atomic E-state index is -0.637. The van der Waals surface area contributed by atoms with Gasteiger partial charge in [0.05, 0.1) is 11.3 Å². The molecule has 0 unspecified atom stereocenters. The second-order valence-corrected chi connectivity index (χ2v) is 5.85. The Bertz CT molecular complexity index is 737. The molecule has 0 aromatic carbocycles. The molecule has 0 bridgehead atoms. The Morgan fingerprint density at radius 1 is 1.30 bits per heavy atom. The Kier molecular flexibility index (Phi) is 11.7. The maximum atomic E-state index is 12.4. The van der Waals surface area contributed by atoms with Crippen molar-refractivity contribution in [3.63, 3.8) is 0 Å². The van der Waals surface area contributed by atoms with Crippen LogP contribution in [-0.4, -0.2) is 22.3 Å². The average Bonchev–Trinajstić information content (AvgIpc) is 2.81. The van der Waals surface area contributed by atoms with E-state index < -0.39 is 22.3 Å². The molecular formula is C17H21Cl2N3O5. The molecule has 0 heterocycles. The second kappa shape index (κ2) is 12.8. The summed E-state index contributed by atoms with van der Waals surface area (Å²) in [5.41, 5.74) is 0.136. The number of allylic oxidation sites excluding steroid dienone is 6. The number of nitrogens with one attached hydrogen (secondary N) is 1. The molecule has 0 aromatic rings. The topological polar surface area (TPSA) is 115 Å². The van der Waals surface area contributed by atoms with Gasteiger partial charge in [-0.2, -0.15) is 0 Å². The van der Waals surface area contributed by atoms with Gasteiger partial charge in [-0.25, -0.2) is 0 Å². The summed E-state index contributed by atoms with van der Waals surface area (Å²) in [5, 5.41) is 24.5. The summed E-state index contributed by atoms with van der Waals surface area (Å²) < 4.78 is 0. The first kappa shape index (κ1) is 24.6. The van der Waals surface area contributed by atoms with Crippen LogP contribution < -0.4 is 5.32 Å². The van der Waals surface area contributed by atoms with E-state index >= 15 is 0 Å². The van der Waals surface area contributed by atoms with Crippen molar-refractivity contribution in [1.29, 1.82) is 0 Å². The molecule has 0 saturated heterocycles. The largest absolute Gasteiger partial charge is 0.325 e. The van der Waals surface area contributed by atoms with Gasteiger partial charge in [0.1, 0.15) is 0 Å². The first-order valence-electron chi connectivity index (χ1n) is 8.07. The molecule has 0 radical (unpaired) electrons. The molecule has 1 N–H and O–H groups in total. The van der Waals surface area contributed by atoms with Crippen molar-refractivity contribution in [2.75, 3.05) is 6.54 Å². The van der Waals surface area contributed by atoms with E-state index in [0.717, 1.165) is 6.08 Å². The Balaban J connectivity index is 0.00000326. The lowest BCUT2D eigenvalue weighted by Gasteiger charge is -2.10. The van der Waals surface area contributed by atoms with E-state index in [1.807, 2.05) is 13.8 Å². The van der Waals surface area contributed by atoms with Crippen molar-refractivity contribution < 1.29 is 14.6 Å². The molecule has 0 aliphatic heterocycles. The zero-order valence-electron chi connectivity index (χ0n) is 15.2. The van der Waals surface area contributed by atoms with Crippen molar-refractivity contribution in [2.45, 2.75) is 33.6 Å². The predicted octanol–water partition coefficient (Wildman–Crippen LogP) is 4.44. The highest BCUT2D eigenvalue weighted by Crippen LogP contribution is 2.21. The summed E-state index contributed by atoms with van der Waals surface area (Å²) in [6, 6.07) is 0. The Morgan fingerprint density at radius 2 is 1.93 bits per heavy atom. The highest BCUT2D eigenvalue weighted by molar-refractivity contribution is 6.31. The van der Waals surface area contributed by atoms with Gasteiger partial charge < -0.3 is 5.32 Å². The van der Waals surface area contributed by atoms with Crippen molar-refractivity contribution in [3.05, 3.63) is 77.6 Å². The van der Waals surface area contributed by atoms with Gasteiger partial charge in [0, 0.05) is 38.8 Å². The predicted molar refractivity (Wildman–Crippen MR) is 105 cm³/mol. The lowest BCUT2D eigenvalue weighted by Crippen LogP contribution is -2.26. The molecule has 148 valence electrons. The molecule has 0 spiro atoms. The first-order valence-corrected chi connectivity index (χ1v) is 8.82. The number of nitrogens with zero attached hydrogens (tertiary/aromatic N) is 2. The molecule has 0 saturated carbocycles. The number of rotatable bonds is 7. The molecule has 0 fully saturated rings. The fourth-order valence-electron chi connectivity index (χ4n) is 1.84. The van der Waals surface area contributed by atoms with Crippen LogP contribution in [-0.2, 0) is 4.79 Å². The Morgan fingerprint density at radius 3 is 2.44 bits per heavy atom. The van der Waals surface area contributed by atoms with Crippen LogP contribution in [0.2, 0.25) is 0 Å². The molecule has 8 nitrogen and oxygen atoms in total. The second-order valence-electron chi connectivity index (χ2n) is 4.92. The number of carbonyl (C=O) groups is 1. The van der Waals surface area contributed by atoms with Gasteiger partial charge in [0.15, 0.2) is 0 Å². The number of nitro groups is 2. The highest BCUT2D eigenvalue weighted by Gasteiger charge is 2.19. The van der Waals surface area contributed by atoms with Crippen molar-refractivity contribution in [1.82, 2.24) is 5.32 Å². The molecule has 27 heavy (non-hydrogen) atoms. The van der Waals surface area contributed by atoms with Gasteiger partial charge in [0.25, 0.3) is 11.6 Å². The fourth-order valence-corrected chi connectivity index (χ4v) is 2.18. The van der Waals surface area contributed by atoms with E-state index in [0.29, 0.717) is 5.03 Å². The number of hydrogen-bond donors (Lipinski definition) is 1. The summed E-state index contributed by atoms with van der Waals surface area (Å²) in [6.45, 7) is 5.12. The van der Waals surface area contributed by atoms with E-state index in [4.69, 9.17) is 23.2 Å². The number of halogens is 2. The van der Waals surface area contributed by atoms with Crippen LogP contribution in [0.25, 0.3) is 0 Å². The number of amides is 1. The summed E-state index contributed by atoms with van der Waals surface area (Å²) in [7, 11) is 0. The third-order valence-corrected chi connectivity index (χ3v) is 3.67. The van der Waals surface area contributed by atoms with Gasteiger partial charge in [-0.3, -0.25) is 25.0 Å². The minimum Gasteiger partial charge on any atom is -0.325 e. The van der Waals surface area contributed by atoms with Crippen LogP contribution in [0.3, 0.4) is 0 Å². The average molecular weight is 418 g/mol. The molecule has 1 aliphatic rings. The van der Waals surface area contributed by atoms with Crippen LogP contribution in [0, 0.1) is 20.2 Å². The normalized spacial score (nSPS) is 14.6. The summed E-state index contributed by atoms with van der Waals surface area (Å²) in [6.07, 6.45) is 6.55. The van der Waals surface area contributed by atoms with E-state index in [9.17, 15) is 25.0 Å². The molecule has 10 heteroatoms. The lowest BCUT2D eigenvalue weighted by atomic mass is 10.1. The minimum absolute atomic E-state index is 0.00646. The molecule has 1 rings (SSSR count). The lowest BCUT2D eigenvalue weighted by molar-refractivity contribution is -0.468. The van der Waals surface area contributed by atoms with E-state index in [2.05, 4.69) is 5.32 Å². The highest BCUT2D eigenvalue weighted by atomic mass is 35.5. The number of hydrogen-bond acceptors (Lipinski definition) is 5. The molecular weight excluding hydrogens is 397 g/mol. The third-order valence-electron chi connectivity index (χ3n) is 3.08. The quantitative estimate of drug-likeness (QED) is 0.373. The summed E-state index contributed by atoms with van der Waals surface area (Å²) in [4.78, 5) is 32.7. The molecule has 0 aromatic heterocycles. The van der Waals surface area contributed by atoms with Crippen LogP contribution in [0.1, 0.15) is 33.6 Å². The van der Waals surface area contributed by atoms with Gasteiger partial charge in [-0.05, 0) is 25.2 Å².